The molecule has 0 aliphatic heterocycles. The number of carbonyl (C=O) groups is 1. The van der Waals surface area contributed by atoms with E-state index in [9.17, 15) is 22.8 Å². The van der Waals surface area contributed by atoms with E-state index in [0.717, 1.165) is 6.20 Å². The fourth-order valence-electron chi connectivity index (χ4n) is 1.81. The van der Waals surface area contributed by atoms with Gasteiger partial charge in [0, 0.05) is 11.6 Å². The van der Waals surface area contributed by atoms with Crippen molar-refractivity contribution in [2.24, 2.45) is 0 Å². The summed E-state index contributed by atoms with van der Waals surface area (Å²) in [6.45, 7) is 1.59. The first kappa shape index (κ1) is 15.4. The summed E-state index contributed by atoms with van der Waals surface area (Å²) >= 11 is 5.75. The molecule has 0 aliphatic rings. The second-order valence-corrected chi connectivity index (χ2v) is 4.54. The average Bonchev–Trinajstić information content (AvgIpc) is 2.38. The molecule has 1 heterocycles. The van der Waals surface area contributed by atoms with Crippen LogP contribution < -0.4 is 5.43 Å². The van der Waals surface area contributed by atoms with Gasteiger partial charge in [-0.15, -0.1) is 0 Å². The van der Waals surface area contributed by atoms with E-state index in [1.54, 1.807) is 6.92 Å². The molecule has 0 radical (unpaired) electrons. The van der Waals surface area contributed by atoms with Gasteiger partial charge in [-0.2, -0.15) is 13.2 Å². The van der Waals surface area contributed by atoms with Gasteiger partial charge < -0.3 is 9.72 Å². The summed E-state index contributed by atoms with van der Waals surface area (Å²) in [6, 6.07) is 1.37. The van der Waals surface area contributed by atoms with Crippen LogP contribution in [0.4, 0.5) is 13.2 Å². The Balaban J connectivity index is 2.74. The molecule has 21 heavy (non-hydrogen) atoms. The Hall–Kier alpha value is -2.02. The zero-order chi connectivity index (χ0) is 15.8. The van der Waals surface area contributed by atoms with Crippen LogP contribution in [-0.2, 0) is 10.9 Å². The number of H-pyrrole nitrogens is 1. The summed E-state index contributed by atoms with van der Waals surface area (Å²) in [4.78, 5) is 26.3. The Morgan fingerprint density at radius 1 is 1.38 bits per heavy atom. The number of ether oxygens (including phenoxy) is 1. The predicted molar refractivity (Wildman–Crippen MR) is 70.5 cm³/mol. The Morgan fingerprint density at radius 3 is 2.62 bits per heavy atom. The van der Waals surface area contributed by atoms with Crippen LogP contribution in [-0.4, -0.2) is 17.6 Å². The minimum Gasteiger partial charge on any atom is -0.462 e. The van der Waals surface area contributed by atoms with Gasteiger partial charge in [-0.3, -0.25) is 4.79 Å². The van der Waals surface area contributed by atoms with Gasteiger partial charge in [0.25, 0.3) is 0 Å². The van der Waals surface area contributed by atoms with Gasteiger partial charge >= 0.3 is 12.1 Å². The molecule has 1 N–H and O–H groups in total. The summed E-state index contributed by atoms with van der Waals surface area (Å²) < 4.78 is 42.9. The van der Waals surface area contributed by atoms with Crippen molar-refractivity contribution in [3.63, 3.8) is 0 Å². The first-order valence-electron chi connectivity index (χ1n) is 5.85. The lowest BCUT2D eigenvalue weighted by Crippen LogP contribution is -2.19. The maximum atomic E-state index is 12.7. The van der Waals surface area contributed by atoms with Gasteiger partial charge in [0.05, 0.1) is 22.7 Å². The molecule has 0 spiro atoms. The maximum Gasteiger partial charge on any atom is 0.416 e. The van der Waals surface area contributed by atoms with Crippen LogP contribution in [0.15, 0.2) is 23.1 Å². The molecule has 8 heteroatoms. The van der Waals surface area contributed by atoms with Crippen LogP contribution in [0.25, 0.3) is 10.9 Å². The highest BCUT2D eigenvalue weighted by Gasteiger charge is 2.32. The first-order chi connectivity index (χ1) is 9.75. The highest BCUT2D eigenvalue weighted by molar-refractivity contribution is 6.35. The highest BCUT2D eigenvalue weighted by Crippen LogP contribution is 2.33. The largest absolute Gasteiger partial charge is 0.462 e. The highest BCUT2D eigenvalue weighted by atomic mass is 35.5. The van der Waals surface area contributed by atoms with Crippen LogP contribution in [0, 0.1) is 0 Å². The normalized spacial score (nSPS) is 11.7. The van der Waals surface area contributed by atoms with Crippen LogP contribution in [0.1, 0.15) is 22.8 Å². The topological polar surface area (TPSA) is 59.2 Å². The number of hydrogen-bond acceptors (Lipinski definition) is 3. The average molecular weight is 320 g/mol. The summed E-state index contributed by atoms with van der Waals surface area (Å²) in [5, 5.41) is -0.576. The number of aromatic nitrogens is 1. The quantitative estimate of drug-likeness (QED) is 0.863. The number of fused-ring (bicyclic) bond motifs is 1. The molecular weight excluding hydrogens is 311 g/mol. The molecule has 2 aromatic rings. The molecule has 0 saturated heterocycles. The summed E-state index contributed by atoms with van der Waals surface area (Å²) in [6.07, 6.45) is -3.58. The lowest BCUT2D eigenvalue weighted by molar-refractivity contribution is -0.137. The van der Waals surface area contributed by atoms with Crippen molar-refractivity contribution < 1.29 is 22.7 Å². The molecule has 0 unspecified atom stereocenters. The van der Waals surface area contributed by atoms with Crippen LogP contribution >= 0.6 is 11.6 Å². The molecule has 1 aromatic heterocycles. The van der Waals surface area contributed by atoms with Crippen LogP contribution in [0.5, 0.6) is 0 Å². The monoisotopic (exact) mass is 319 g/mol. The van der Waals surface area contributed by atoms with Crippen molar-refractivity contribution in [3.8, 4) is 0 Å². The van der Waals surface area contributed by atoms with Crippen molar-refractivity contribution in [3.05, 3.63) is 44.7 Å². The molecule has 1 aromatic carbocycles. The minimum absolute atomic E-state index is 0.0303. The van der Waals surface area contributed by atoms with Gasteiger partial charge in [0.15, 0.2) is 0 Å². The summed E-state index contributed by atoms with van der Waals surface area (Å²) in [5.41, 5.74) is -2.27. The van der Waals surface area contributed by atoms with Crippen molar-refractivity contribution in [1.29, 1.82) is 0 Å². The SMILES string of the molecule is CCOC(=O)c1c[nH]c2c(Cl)cc(C(F)(F)F)cc2c1=O. The van der Waals surface area contributed by atoms with Gasteiger partial charge in [-0.1, -0.05) is 11.6 Å². The number of rotatable bonds is 2. The van der Waals surface area contributed by atoms with Crippen molar-refractivity contribution >= 4 is 28.5 Å². The van der Waals surface area contributed by atoms with E-state index in [2.05, 4.69) is 9.72 Å². The van der Waals surface area contributed by atoms with Gasteiger partial charge in [0.2, 0.25) is 5.43 Å². The van der Waals surface area contributed by atoms with Crippen LogP contribution in [0.2, 0.25) is 5.02 Å². The van der Waals surface area contributed by atoms with Gasteiger partial charge in [-0.25, -0.2) is 4.79 Å². The number of alkyl halides is 3. The van der Waals surface area contributed by atoms with E-state index in [1.165, 1.54) is 0 Å². The first-order valence-corrected chi connectivity index (χ1v) is 6.22. The number of hydrogen-bond donors (Lipinski definition) is 1. The second-order valence-electron chi connectivity index (χ2n) is 4.13. The number of benzene rings is 1. The fraction of sp³-hybridized carbons (Fsp3) is 0.231. The molecule has 112 valence electrons. The fourth-order valence-corrected chi connectivity index (χ4v) is 2.09. The van der Waals surface area contributed by atoms with Gasteiger partial charge in [0.1, 0.15) is 5.56 Å². The Labute approximate surface area is 121 Å². The number of esters is 1. The van der Waals surface area contributed by atoms with Gasteiger partial charge in [-0.05, 0) is 19.1 Å². The number of halogens is 4. The third-order valence-electron chi connectivity index (χ3n) is 2.76. The van der Waals surface area contributed by atoms with E-state index in [-0.39, 0.29) is 28.1 Å². The standard InChI is InChI=1S/C13H9ClF3NO3/c1-2-21-12(20)8-5-18-10-7(11(8)19)3-6(4-9(10)14)13(15,16)17/h3-5H,2H2,1H3,(H,18,19). The maximum absolute atomic E-state index is 12.7. The number of pyridine rings is 1. The van der Waals surface area contributed by atoms with Crippen molar-refractivity contribution in [2.75, 3.05) is 6.61 Å². The Morgan fingerprint density at radius 2 is 2.05 bits per heavy atom. The smallest absolute Gasteiger partial charge is 0.416 e. The van der Waals surface area contributed by atoms with E-state index >= 15 is 0 Å². The van der Waals surface area contributed by atoms with E-state index in [0.29, 0.717) is 12.1 Å². The molecule has 0 atom stereocenters. The zero-order valence-electron chi connectivity index (χ0n) is 10.7. The van der Waals surface area contributed by atoms with Crippen LogP contribution in [0.3, 0.4) is 0 Å². The summed E-state index contributed by atoms with van der Waals surface area (Å²) in [7, 11) is 0. The Bertz CT molecular complexity index is 768. The third-order valence-corrected chi connectivity index (χ3v) is 3.06. The molecule has 0 fully saturated rings. The molecule has 0 amide bonds. The lowest BCUT2D eigenvalue weighted by Gasteiger charge is -2.10. The molecule has 0 saturated carbocycles. The number of nitrogens with one attached hydrogen (secondary N) is 1. The van der Waals surface area contributed by atoms with E-state index in [1.807, 2.05) is 0 Å². The minimum atomic E-state index is -4.65. The number of carbonyl (C=O) groups excluding carboxylic acids is 1. The Kier molecular flexibility index (Phi) is 3.95. The third kappa shape index (κ3) is 2.87. The lowest BCUT2D eigenvalue weighted by atomic mass is 10.1. The van der Waals surface area contributed by atoms with E-state index < -0.39 is 23.1 Å². The molecular formula is C13H9ClF3NO3. The molecule has 0 bridgehead atoms. The van der Waals surface area contributed by atoms with Crippen molar-refractivity contribution in [1.82, 2.24) is 4.98 Å². The number of aromatic amines is 1. The second kappa shape index (κ2) is 5.40. The molecule has 2 rings (SSSR count). The molecule has 4 nitrogen and oxygen atoms in total. The van der Waals surface area contributed by atoms with Crippen molar-refractivity contribution in [2.45, 2.75) is 13.1 Å². The molecule has 0 aliphatic carbocycles. The zero-order valence-corrected chi connectivity index (χ0v) is 11.4. The van der Waals surface area contributed by atoms with E-state index in [4.69, 9.17) is 11.6 Å². The predicted octanol–water partition coefficient (Wildman–Crippen LogP) is 3.38. The summed E-state index contributed by atoms with van der Waals surface area (Å²) in [5.74, 6) is -0.908.